The average Bonchev–Trinajstić information content (AvgIpc) is 3.14. The average molecular weight is 433 g/mol. The molecule has 0 aliphatic rings. The number of rotatable bonds is 5. The number of pyridine rings is 1. The minimum Gasteiger partial charge on any atom is -0.351 e. The third-order valence-electron chi connectivity index (χ3n) is 5.03. The molecule has 4 N–H and O–H groups in total. The molecule has 0 saturated heterocycles. The molecule has 1 atom stereocenters. The number of urea groups is 1. The van der Waals surface area contributed by atoms with Crippen molar-refractivity contribution in [2.75, 3.05) is 5.32 Å². The number of carbonyl (C=O) groups excluding carboxylic acids is 2. The van der Waals surface area contributed by atoms with Gasteiger partial charge in [-0.2, -0.15) is 0 Å². The number of carbonyl (C=O) groups is 2. The van der Waals surface area contributed by atoms with E-state index in [2.05, 4.69) is 20.8 Å². The van der Waals surface area contributed by atoms with E-state index in [1.807, 2.05) is 6.92 Å². The van der Waals surface area contributed by atoms with Crippen LogP contribution in [0.25, 0.3) is 22.4 Å². The highest BCUT2D eigenvalue weighted by atomic mass is 19.1. The van der Waals surface area contributed by atoms with Crippen LogP contribution in [-0.4, -0.2) is 22.1 Å². The van der Waals surface area contributed by atoms with Crippen molar-refractivity contribution in [1.82, 2.24) is 15.5 Å². The van der Waals surface area contributed by atoms with Crippen molar-refractivity contribution in [1.29, 1.82) is 0 Å². The summed E-state index contributed by atoms with van der Waals surface area (Å²) in [5.74, 6) is -0.701. The van der Waals surface area contributed by atoms with Crippen LogP contribution in [0.2, 0.25) is 0 Å². The predicted octanol–water partition coefficient (Wildman–Crippen LogP) is 4.32. The normalized spacial score (nSPS) is 11.8. The highest BCUT2D eigenvalue weighted by Gasteiger charge is 2.21. The molecule has 3 amide bonds. The molecule has 0 aliphatic carbocycles. The molecular weight excluding hydrogens is 413 g/mol. The molecule has 32 heavy (non-hydrogen) atoms. The quantitative estimate of drug-likeness (QED) is 0.433. The predicted molar refractivity (Wildman–Crippen MR) is 117 cm³/mol. The molecule has 0 saturated carbocycles. The first-order valence-corrected chi connectivity index (χ1v) is 9.82. The number of hydrogen-bond acceptors (Lipinski definition) is 5. The standard InChI is InChI=1S/C23H20FN5O3/c1-12(14-5-9-17(10-6-14)27-23(25)31)26-21(30)18-11-19(15-3-7-16(24)8-4-15)28-22-20(18)13(2)29-32-22/h3-12H,1-2H3,(H,26,30)(H3,25,27,31). The highest BCUT2D eigenvalue weighted by Crippen LogP contribution is 2.28. The molecule has 8 nitrogen and oxygen atoms in total. The Bertz CT molecular complexity index is 1300. The summed E-state index contributed by atoms with van der Waals surface area (Å²) in [6.07, 6.45) is 0. The first kappa shape index (κ1) is 21.0. The van der Waals surface area contributed by atoms with Crippen LogP contribution in [0.1, 0.15) is 34.6 Å². The van der Waals surface area contributed by atoms with Crippen LogP contribution in [0.3, 0.4) is 0 Å². The van der Waals surface area contributed by atoms with Gasteiger partial charge < -0.3 is 20.9 Å². The van der Waals surface area contributed by atoms with E-state index in [4.69, 9.17) is 10.3 Å². The first-order valence-electron chi connectivity index (χ1n) is 9.82. The van der Waals surface area contributed by atoms with E-state index in [0.717, 1.165) is 5.56 Å². The van der Waals surface area contributed by atoms with Crippen molar-refractivity contribution in [3.63, 3.8) is 0 Å². The number of amides is 3. The van der Waals surface area contributed by atoms with Gasteiger partial charge in [-0.05, 0) is 61.9 Å². The molecule has 4 rings (SSSR count). The molecule has 0 aliphatic heterocycles. The number of anilines is 1. The van der Waals surface area contributed by atoms with Crippen molar-refractivity contribution in [3.05, 3.63) is 77.2 Å². The molecule has 0 spiro atoms. The van der Waals surface area contributed by atoms with E-state index < -0.39 is 6.03 Å². The number of aryl methyl sites for hydroxylation is 1. The highest BCUT2D eigenvalue weighted by molar-refractivity contribution is 6.07. The van der Waals surface area contributed by atoms with Crippen LogP contribution >= 0.6 is 0 Å². The molecule has 2 heterocycles. The van der Waals surface area contributed by atoms with Crippen LogP contribution < -0.4 is 16.4 Å². The van der Waals surface area contributed by atoms with Crippen LogP contribution in [0, 0.1) is 12.7 Å². The van der Waals surface area contributed by atoms with Crippen molar-refractivity contribution in [3.8, 4) is 11.3 Å². The van der Waals surface area contributed by atoms with Gasteiger partial charge in [-0.15, -0.1) is 0 Å². The lowest BCUT2D eigenvalue weighted by Crippen LogP contribution is -2.27. The summed E-state index contributed by atoms with van der Waals surface area (Å²) in [5, 5.41) is 9.90. The number of nitrogens with one attached hydrogen (secondary N) is 2. The minimum atomic E-state index is -0.651. The molecule has 2 aromatic heterocycles. The Labute approximate surface area is 182 Å². The number of fused-ring (bicyclic) bond motifs is 1. The molecule has 4 aromatic rings. The third-order valence-corrected chi connectivity index (χ3v) is 5.03. The number of nitrogens with two attached hydrogens (primary N) is 1. The zero-order valence-corrected chi connectivity index (χ0v) is 17.3. The van der Waals surface area contributed by atoms with Crippen LogP contribution in [0.15, 0.2) is 59.1 Å². The Kier molecular flexibility index (Phi) is 5.55. The molecule has 9 heteroatoms. The monoisotopic (exact) mass is 433 g/mol. The van der Waals surface area contributed by atoms with E-state index in [0.29, 0.717) is 33.6 Å². The van der Waals surface area contributed by atoms with E-state index in [1.165, 1.54) is 12.1 Å². The lowest BCUT2D eigenvalue weighted by atomic mass is 10.0. The zero-order valence-electron chi connectivity index (χ0n) is 17.3. The Morgan fingerprint density at radius 3 is 2.44 bits per heavy atom. The zero-order chi connectivity index (χ0) is 22.8. The summed E-state index contributed by atoms with van der Waals surface area (Å²) >= 11 is 0. The molecule has 2 aromatic carbocycles. The maximum atomic E-state index is 13.3. The second-order valence-corrected chi connectivity index (χ2v) is 7.32. The topological polar surface area (TPSA) is 123 Å². The summed E-state index contributed by atoms with van der Waals surface area (Å²) in [6, 6.07) is 13.4. The molecule has 162 valence electrons. The fraction of sp³-hybridized carbons (Fsp3) is 0.130. The van der Waals surface area contributed by atoms with Gasteiger partial charge in [0.25, 0.3) is 11.6 Å². The van der Waals surface area contributed by atoms with Gasteiger partial charge in [0, 0.05) is 11.3 Å². The van der Waals surface area contributed by atoms with Crippen molar-refractivity contribution in [2.24, 2.45) is 5.73 Å². The smallest absolute Gasteiger partial charge is 0.316 e. The van der Waals surface area contributed by atoms with Gasteiger partial charge in [0.2, 0.25) is 0 Å². The Balaban J connectivity index is 1.64. The lowest BCUT2D eigenvalue weighted by Gasteiger charge is -2.16. The van der Waals surface area contributed by atoms with Crippen molar-refractivity contribution in [2.45, 2.75) is 19.9 Å². The number of nitrogens with zero attached hydrogens (tertiary/aromatic N) is 2. The molecule has 0 fully saturated rings. The Morgan fingerprint density at radius 2 is 1.78 bits per heavy atom. The molecule has 0 radical (unpaired) electrons. The van der Waals surface area contributed by atoms with Gasteiger partial charge >= 0.3 is 6.03 Å². The van der Waals surface area contributed by atoms with E-state index in [1.54, 1.807) is 49.4 Å². The number of benzene rings is 2. The largest absolute Gasteiger partial charge is 0.351 e. The van der Waals surface area contributed by atoms with Gasteiger partial charge in [0.1, 0.15) is 5.82 Å². The van der Waals surface area contributed by atoms with Gasteiger partial charge in [0.15, 0.2) is 0 Å². The van der Waals surface area contributed by atoms with Crippen molar-refractivity contribution >= 4 is 28.7 Å². The molecule has 1 unspecified atom stereocenters. The number of halogens is 1. The maximum Gasteiger partial charge on any atom is 0.316 e. The van der Waals surface area contributed by atoms with Crippen LogP contribution in [0.4, 0.5) is 14.9 Å². The van der Waals surface area contributed by atoms with Gasteiger partial charge in [-0.25, -0.2) is 14.2 Å². The number of primary amides is 1. The summed E-state index contributed by atoms with van der Waals surface area (Å²) in [5.41, 5.74) is 8.73. The first-order chi connectivity index (χ1) is 15.3. The summed E-state index contributed by atoms with van der Waals surface area (Å²) in [7, 11) is 0. The maximum absolute atomic E-state index is 13.3. The van der Waals surface area contributed by atoms with Crippen LogP contribution in [-0.2, 0) is 0 Å². The number of hydrogen-bond donors (Lipinski definition) is 3. The Hall–Kier alpha value is -4.27. The Morgan fingerprint density at radius 1 is 1.09 bits per heavy atom. The third kappa shape index (κ3) is 4.27. The fourth-order valence-electron chi connectivity index (χ4n) is 3.40. The summed E-state index contributed by atoms with van der Waals surface area (Å²) in [4.78, 5) is 28.6. The second kappa shape index (κ2) is 8.46. The van der Waals surface area contributed by atoms with Crippen LogP contribution in [0.5, 0.6) is 0 Å². The summed E-state index contributed by atoms with van der Waals surface area (Å²) in [6.45, 7) is 3.57. The molecular formula is C23H20FN5O3. The SMILES string of the molecule is Cc1noc2nc(-c3ccc(F)cc3)cc(C(=O)NC(C)c3ccc(NC(N)=O)cc3)c12. The van der Waals surface area contributed by atoms with Gasteiger partial charge in [-0.1, -0.05) is 17.3 Å². The van der Waals surface area contributed by atoms with Gasteiger partial charge in [0.05, 0.1) is 28.4 Å². The van der Waals surface area contributed by atoms with Gasteiger partial charge in [-0.3, -0.25) is 4.79 Å². The lowest BCUT2D eigenvalue weighted by molar-refractivity contribution is 0.0941. The fourth-order valence-corrected chi connectivity index (χ4v) is 3.40. The minimum absolute atomic E-state index is 0.226. The van der Waals surface area contributed by atoms with Crippen molar-refractivity contribution < 1.29 is 18.5 Å². The molecule has 0 bridgehead atoms. The number of aromatic nitrogens is 2. The summed E-state index contributed by atoms with van der Waals surface area (Å²) < 4.78 is 18.6. The van der Waals surface area contributed by atoms with E-state index in [9.17, 15) is 14.0 Å². The second-order valence-electron chi connectivity index (χ2n) is 7.32. The van der Waals surface area contributed by atoms with E-state index >= 15 is 0 Å². The van der Waals surface area contributed by atoms with E-state index in [-0.39, 0.29) is 23.5 Å².